The van der Waals surface area contributed by atoms with Gasteiger partial charge in [0, 0.05) is 6.92 Å². The number of rotatable bonds is 4. The lowest BCUT2D eigenvalue weighted by Crippen LogP contribution is -2.64. The summed E-state index contributed by atoms with van der Waals surface area (Å²) in [5.74, 6) is -0.366. The Morgan fingerprint density at radius 2 is 2.00 bits per heavy atom. The molecule has 1 saturated heterocycles. The Bertz CT molecular complexity index is 285. The van der Waals surface area contributed by atoms with Crippen LogP contribution in [0.2, 0.25) is 0 Å². The molecule has 4 N–H and O–H groups in total. The van der Waals surface area contributed by atoms with E-state index in [0.717, 1.165) is 0 Å². The Morgan fingerprint density at radius 1 is 1.39 bits per heavy atom. The molecule has 0 saturated carbocycles. The van der Waals surface area contributed by atoms with Gasteiger partial charge in [-0.3, -0.25) is 4.79 Å². The third-order valence-electron chi connectivity index (χ3n) is 2.66. The van der Waals surface area contributed by atoms with Gasteiger partial charge in [0.05, 0.1) is 12.7 Å². The predicted molar refractivity (Wildman–Crippen MR) is 61.6 cm³/mol. The minimum Gasteiger partial charge on any atom is -0.394 e. The van der Waals surface area contributed by atoms with Crippen LogP contribution >= 0.6 is 0 Å². The van der Waals surface area contributed by atoms with E-state index in [1.54, 1.807) is 13.8 Å². The lowest BCUT2D eigenvalue weighted by atomic mass is 9.97. The second-order valence-electron chi connectivity index (χ2n) is 4.62. The van der Waals surface area contributed by atoms with E-state index in [0.29, 0.717) is 0 Å². The van der Waals surface area contributed by atoms with Gasteiger partial charge in [0.2, 0.25) is 5.91 Å². The first kappa shape index (κ1) is 15.3. The van der Waals surface area contributed by atoms with Gasteiger partial charge in [0.1, 0.15) is 24.4 Å². The third-order valence-corrected chi connectivity index (χ3v) is 2.66. The number of hydrogen-bond acceptors (Lipinski definition) is 6. The fourth-order valence-electron chi connectivity index (χ4n) is 1.85. The molecular weight excluding hydrogens is 242 g/mol. The van der Waals surface area contributed by atoms with Crippen molar-refractivity contribution in [3.05, 3.63) is 0 Å². The first-order valence-electron chi connectivity index (χ1n) is 5.91. The lowest BCUT2D eigenvalue weighted by Gasteiger charge is -2.42. The number of amides is 1. The Hall–Kier alpha value is -0.730. The molecule has 18 heavy (non-hydrogen) atoms. The summed E-state index contributed by atoms with van der Waals surface area (Å²) in [7, 11) is 0. The zero-order valence-electron chi connectivity index (χ0n) is 10.7. The normalized spacial score (nSPS) is 36.7. The quantitative estimate of drug-likeness (QED) is 0.484. The van der Waals surface area contributed by atoms with E-state index in [1.165, 1.54) is 6.92 Å². The summed E-state index contributed by atoms with van der Waals surface area (Å²) >= 11 is 0. The maximum absolute atomic E-state index is 11.1. The van der Waals surface area contributed by atoms with Crippen LogP contribution in [0.1, 0.15) is 20.8 Å². The number of aliphatic hydroxyl groups is 3. The molecule has 0 radical (unpaired) electrons. The van der Waals surface area contributed by atoms with Gasteiger partial charge in [-0.15, -0.1) is 0 Å². The molecule has 7 nitrogen and oxygen atoms in total. The highest BCUT2D eigenvalue weighted by Crippen LogP contribution is 2.22. The molecule has 0 aromatic rings. The summed E-state index contributed by atoms with van der Waals surface area (Å²) in [4.78, 5) is 11.1. The molecule has 5 atom stereocenters. The largest absolute Gasteiger partial charge is 0.394 e. The van der Waals surface area contributed by atoms with Gasteiger partial charge in [-0.2, -0.15) is 0 Å². The van der Waals surface area contributed by atoms with Crippen LogP contribution < -0.4 is 5.32 Å². The van der Waals surface area contributed by atoms with Crippen molar-refractivity contribution in [2.24, 2.45) is 0 Å². The van der Waals surface area contributed by atoms with Crippen molar-refractivity contribution in [1.82, 2.24) is 5.32 Å². The van der Waals surface area contributed by atoms with Crippen LogP contribution in [0.4, 0.5) is 0 Å². The number of ether oxygens (including phenoxy) is 2. The zero-order chi connectivity index (χ0) is 13.9. The summed E-state index contributed by atoms with van der Waals surface area (Å²) in [5.41, 5.74) is 0. The van der Waals surface area contributed by atoms with E-state index in [9.17, 15) is 15.0 Å². The van der Waals surface area contributed by atoms with Crippen molar-refractivity contribution in [2.45, 2.75) is 57.5 Å². The van der Waals surface area contributed by atoms with Crippen LogP contribution in [0, 0.1) is 0 Å². The van der Waals surface area contributed by atoms with E-state index in [2.05, 4.69) is 5.32 Å². The highest BCUT2D eigenvalue weighted by molar-refractivity contribution is 5.73. The van der Waals surface area contributed by atoms with E-state index in [1.807, 2.05) is 0 Å². The summed E-state index contributed by atoms with van der Waals surface area (Å²) < 4.78 is 10.8. The van der Waals surface area contributed by atoms with Crippen LogP contribution in [-0.2, 0) is 14.3 Å². The fraction of sp³-hybridized carbons (Fsp3) is 0.909. The van der Waals surface area contributed by atoms with E-state index in [-0.39, 0.29) is 12.0 Å². The highest BCUT2D eigenvalue weighted by Gasteiger charge is 2.45. The van der Waals surface area contributed by atoms with Gasteiger partial charge >= 0.3 is 0 Å². The Morgan fingerprint density at radius 3 is 2.44 bits per heavy atom. The average molecular weight is 263 g/mol. The smallest absolute Gasteiger partial charge is 0.217 e. The topological polar surface area (TPSA) is 108 Å². The number of hydrogen-bond donors (Lipinski definition) is 4. The summed E-state index contributed by atoms with van der Waals surface area (Å²) in [6, 6.07) is -0.873. The molecule has 0 aromatic carbocycles. The molecule has 106 valence electrons. The molecule has 1 aliphatic heterocycles. The van der Waals surface area contributed by atoms with Crippen LogP contribution in [0.25, 0.3) is 0 Å². The molecule has 0 spiro atoms. The molecule has 1 heterocycles. The summed E-state index contributed by atoms with van der Waals surface area (Å²) in [6.07, 6.45) is -4.58. The van der Waals surface area contributed by atoms with Crippen molar-refractivity contribution < 1.29 is 29.6 Å². The SMILES string of the molecule is CC(=O)N[C@H]1C(OC(C)C)O[C@H](CO)[C@H](O)[C@@H]1O. The minimum absolute atomic E-state index is 0.187. The fourth-order valence-corrected chi connectivity index (χ4v) is 1.85. The summed E-state index contributed by atoms with van der Waals surface area (Å²) in [6.45, 7) is 4.41. The number of carbonyl (C=O) groups is 1. The average Bonchev–Trinajstić information content (AvgIpc) is 2.27. The number of nitrogens with one attached hydrogen (secondary N) is 1. The first-order valence-corrected chi connectivity index (χ1v) is 5.91. The van der Waals surface area contributed by atoms with Crippen molar-refractivity contribution >= 4 is 5.91 Å². The van der Waals surface area contributed by atoms with Gasteiger partial charge in [-0.1, -0.05) is 0 Å². The highest BCUT2D eigenvalue weighted by atomic mass is 16.7. The second-order valence-corrected chi connectivity index (χ2v) is 4.62. The summed E-state index contributed by atoms with van der Waals surface area (Å²) in [5, 5.41) is 31.2. The Balaban J connectivity index is 2.83. The second kappa shape index (κ2) is 6.44. The van der Waals surface area contributed by atoms with Gasteiger partial charge in [0.15, 0.2) is 6.29 Å². The molecule has 1 fully saturated rings. The van der Waals surface area contributed by atoms with Gasteiger partial charge < -0.3 is 30.1 Å². The van der Waals surface area contributed by atoms with Crippen molar-refractivity contribution in [1.29, 1.82) is 0 Å². The van der Waals surface area contributed by atoms with Crippen LogP contribution in [0.3, 0.4) is 0 Å². The van der Waals surface area contributed by atoms with Gasteiger partial charge in [-0.05, 0) is 13.8 Å². The lowest BCUT2D eigenvalue weighted by molar-refractivity contribution is -0.278. The molecule has 7 heteroatoms. The molecule has 1 unspecified atom stereocenters. The molecule has 1 rings (SSSR count). The zero-order valence-corrected chi connectivity index (χ0v) is 10.7. The molecule has 0 aromatic heterocycles. The van der Waals surface area contributed by atoms with E-state index in [4.69, 9.17) is 14.6 Å². The maximum Gasteiger partial charge on any atom is 0.217 e. The van der Waals surface area contributed by atoms with E-state index >= 15 is 0 Å². The third kappa shape index (κ3) is 3.63. The van der Waals surface area contributed by atoms with Crippen molar-refractivity contribution in [3.63, 3.8) is 0 Å². The number of aliphatic hydroxyl groups excluding tert-OH is 3. The predicted octanol–water partition coefficient (Wildman–Crippen LogP) is -1.64. The monoisotopic (exact) mass is 263 g/mol. The molecule has 1 aliphatic rings. The van der Waals surface area contributed by atoms with Crippen LogP contribution in [0.15, 0.2) is 0 Å². The first-order chi connectivity index (χ1) is 8.36. The molecule has 1 amide bonds. The van der Waals surface area contributed by atoms with Crippen molar-refractivity contribution in [2.75, 3.05) is 6.61 Å². The minimum atomic E-state index is -1.28. The standard InChI is InChI=1S/C11H21NO6/c1-5(2)17-11-8(12-6(3)14)10(16)9(15)7(4-13)18-11/h5,7-11,13,15-16H,4H2,1-3H3,(H,12,14)/t7-,8-,9+,10-,11?/m1/s1. The van der Waals surface area contributed by atoms with E-state index < -0.39 is 37.3 Å². The molecular formula is C11H21NO6. The van der Waals surface area contributed by atoms with Gasteiger partial charge in [0.25, 0.3) is 0 Å². The number of carbonyl (C=O) groups excluding carboxylic acids is 1. The molecule has 0 aliphatic carbocycles. The maximum atomic E-state index is 11.1. The van der Waals surface area contributed by atoms with Crippen LogP contribution in [0.5, 0.6) is 0 Å². The van der Waals surface area contributed by atoms with Crippen molar-refractivity contribution in [3.8, 4) is 0 Å². The Labute approximate surface area is 106 Å². The molecule has 0 bridgehead atoms. The van der Waals surface area contributed by atoms with Crippen LogP contribution in [-0.4, -0.2) is 64.6 Å². The van der Waals surface area contributed by atoms with Gasteiger partial charge in [-0.25, -0.2) is 0 Å². The Kier molecular flexibility index (Phi) is 5.48.